The molecule has 0 bridgehead atoms. The summed E-state index contributed by atoms with van der Waals surface area (Å²) in [6.07, 6.45) is -1.99. The van der Waals surface area contributed by atoms with Gasteiger partial charge in [0.2, 0.25) is 10.0 Å². The predicted octanol–water partition coefficient (Wildman–Crippen LogP) is 4.98. The number of amides is 1. The van der Waals surface area contributed by atoms with Gasteiger partial charge >= 0.3 is 12.1 Å². The molecule has 1 aromatic carbocycles. The van der Waals surface area contributed by atoms with Crippen molar-refractivity contribution < 1.29 is 26.4 Å². The van der Waals surface area contributed by atoms with Gasteiger partial charge in [0.15, 0.2) is 0 Å². The number of hydrogen-bond donors (Lipinski definition) is 0. The van der Waals surface area contributed by atoms with Crippen LogP contribution in [0.4, 0.5) is 18.9 Å². The molecule has 1 amide bonds. The molecule has 0 fully saturated rings. The summed E-state index contributed by atoms with van der Waals surface area (Å²) < 4.78 is 67.4. The highest BCUT2D eigenvalue weighted by molar-refractivity contribution is 9.12. The quantitative estimate of drug-likeness (QED) is 0.448. The third kappa shape index (κ3) is 5.79. The molecule has 0 radical (unpaired) electrons. The van der Waals surface area contributed by atoms with Crippen molar-refractivity contribution in [2.24, 2.45) is 5.92 Å². The van der Waals surface area contributed by atoms with Gasteiger partial charge in [-0.15, -0.1) is 0 Å². The number of thiocarbonyl (C=S) groups is 1. The smallest absolute Gasteiger partial charge is 0.307 e. The number of aryl methyl sites for hydroxylation is 1. The molecule has 0 heterocycles. The van der Waals surface area contributed by atoms with Crippen LogP contribution in [-0.2, 0) is 21.2 Å². The van der Waals surface area contributed by atoms with Gasteiger partial charge in [-0.25, -0.2) is 8.42 Å². The number of allylic oxidation sites excluding steroid dienone is 2. The topological polar surface area (TPSA) is 57.7 Å². The lowest BCUT2D eigenvalue weighted by Crippen LogP contribution is -2.45. The molecule has 0 saturated heterocycles. The molecule has 0 spiro atoms. The van der Waals surface area contributed by atoms with Crippen molar-refractivity contribution in [1.29, 1.82) is 0 Å². The highest BCUT2D eigenvalue weighted by atomic mass is 79.9. The summed E-state index contributed by atoms with van der Waals surface area (Å²) in [4.78, 5) is 12.1. The van der Waals surface area contributed by atoms with Crippen LogP contribution in [0.25, 0.3) is 0 Å². The first kappa shape index (κ1) is 26.5. The molecule has 0 saturated carbocycles. The number of rotatable bonds is 7. The van der Waals surface area contributed by atoms with Crippen LogP contribution in [0.3, 0.4) is 0 Å². The van der Waals surface area contributed by atoms with Crippen LogP contribution in [-0.4, -0.2) is 49.1 Å². The van der Waals surface area contributed by atoms with Crippen molar-refractivity contribution in [2.45, 2.75) is 38.6 Å². The van der Waals surface area contributed by atoms with Gasteiger partial charge in [-0.05, 0) is 58.1 Å². The van der Waals surface area contributed by atoms with E-state index in [1.54, 1.807) is 12.1 Å². The molecule has 1 aromatic rings. The van der Waals surface area contributed by atoms with E-state index in [9.17, 15) is 26.4 Å². The van der Waals surface area contributed by atoms with Crippen molar-refractivity contribution in [3.63, 3.8) is 0 Å². The van der Waals surface area contributed by atoms with Crippen molar-refractivity contribution >= 4 is 54.6 Å². The number of anilines is 1. The predicted molar refractivity (Wildman–Crippen MR) is 127 cm³/mol. The Labute approximate surface area is 200 Å². The van der Waals surface area contributed by atoms with Gasteiger partial charge in [0.1, 0.15) is 5.25 Å². The van der Waals surface area contributed by atoms with Crippen LogP contribution in [0.1, 0.15) is 26.3 Å². The number of carbonyl (C=O) groups excluding carboxylic acids is 1. The third-order valence-electron chi connectivity index (χ3n) is 4.80. The Morgan fingerprint density at radius 1 is 1.22 bits per heavy atom. The molecule has 176 valence electrons. The lowest BCUT2D eigenvalue weighted by molar-refractivity contribution is -0.181. The summed E-state index contributed by atoms with van der Waals surface area (Å²) in [5, 5.41) is -1.41. The summed E-state index contributed by atoms with van der Waals surface area (Å²) in [5.74, 6) is -2.15. The average Bonchev–Trinajstić information content (AvgIpc) is 2.70. The first-order valence-electron chi connectivity index (χ1n) is 9.78. The SMILES string of the molecule is CCc1ccc(N(CC(C)C)S(=O)(=O)C2C=C(N(C)C(=O)C(F)(F)F)C(Br)=CC2=S)cc1. The molecule has 11 heteroatoms. The van der Waals surface area contributed by atoms with Crippen molar-refractivity contribution in [2.75, 3.05) is 17.9 Å². The van der Waals surface area contributed by atoms with Gasteiger partial charge in [-0.3, -0.25) is 9.10 Å². The maximum absolute atomic E-state index is 13.7. The number of nitrogens with zero attached hydrogens (tertiary/aromatic N) is 2. The number of benzene rings is 1. The number of halogens is 4. The Hall–Kier alpha value is -1.72. The molecule has 0 N–H and O–H groups in total. The van der Waals surface area contributed by atoms with E-state index in [4.69, 9.17) is 12.2 Å². The van der Waals surface area contributed by atoms with Crippen LogP contribution in [0.5, 0.6) is 0 Å². The van der Waals surface area contributed by atoms with Gasteiger partial charge in [-0.1, -0.05) is 45.1 Å². The largest absolute Gasteiger partial charge is 0.471 e. The van der Waals surface area contributed by atoms with Gasteiger partial charge in [0, 0.05) is 22.9 Å². The van der Waals surface area contributed by atoms with Gasteiger partial charge in [-0.2, -0.15) is 13.2 Å². The summed E-state index contributed by atoms with van der Waals surface area (Å²) in [5.41, 5.74) is 1.24. The van der Waals surface area contributed by atoms with E-state index in [2.05, 4.69) is 15.9 Å². The molecule has 0 aliphatic heterocycles. The molecular weight excluding hydrogens is 529 g/mol. The summed E-state index contributed by atoms with van der Waals surface area (Å²) >= 11 is 8.37. The molecule has 2 rings (SSSR count). The molecule has 5 nitrogen and oxygen atoms in total. The first-order valence-corrected chi connectivity index (χ1v) is 12.5. The van der Waals surface area contributed by atoms with Crippen LogP contribution in [0.2, 0.25) is 0 Å². The van der Waals surface area contributed by atoms with E-state index in [1.165, 1.54) is 10.4 Å². The minimum absolute atomic E-state index is 0.00687. The summed E-state index contributed by atoms with van der Waals surface area (Å²) in [6, 6.07) is 7.04. The Morgan fingerprint density at radius 3 is 2.25 bits per heavy atom. The second-order valence-corrected chi connectivity index (χ2v) is 11.0. The second kappa shape index (κ2) is 10.0. The Bertz CT molecular complexity index is 1050. The van der Waals surface area contributed by atoms with E-state index >= 15 is 0 Å². The van der Waals surface area contributed by atoms with Crippen LogP contribution in [0.15, 0.2) is 46.6 Å². The Kier molecular flexibility index (Phi) is 8.33. The summed E-state index contributed by atoms with van der Waals surface area (Å²) in [7, 11) is -3.23. The number of sulfonamides is 1. The van der Waals surface area contributed by atoms with E-state index in [1.807, 2.05) is 32.9 Å². The molecule has 1 aliphatic carbocycles. The lowest BCUT2D eigenvalue weighted by Gasteiger charge is -2.32. The standard InChI is InChI=1S/C21H24BrF3N2O3S2/c1-5-14-6-8-15(9-7-14)27(12-13(2)3)32(29,30)19-11-17(16(22)10-18(19)31)26(4)20(28)21(23,24)25/h6-11,13,19H,5,12H2,1-4H3. The molecule has 1 aliphatic rings. The Morgan fingerprint density at radius 2 is 1.78 bits per heavy atom. The highest BCUT2D eigenvalue weighted by Crippen LogP contribution is 2.33. The minimum atomic E-state index is -5.11. The first-order chi connectivity index (χ1) is 14.7. The molecule has 0 aromatic heterocycles. The second-order valence-electron chi connectivity index (χ2n) is 7.72. The molecular formula is C21H24BrF3N2O3S2. The fraction of sp³-hybridized carbons (Fsp3) is 0.429. The highest BCUT2D eigenvalue weighted by Gasteiger charge is 2.44. The minimum Gasteiger partial charge on any atom is -0.307 e. The molecule has 1 atom stereocenters. The maximum Gasteiger partial charge on any atom is 0.471 e. The number of likely N-dealkylation sites (N-methyl/N-ethyl adjacent to an activating group) is 1. The fourth-order valence-electron chi connectivity index (χ4n) is 3.11. The van der Waals surface area contributed by atoms with Gasteiger partial charge < -0.3 is 4.90 Å². The van der Waals surface area contributed by atoms with E-state index in [0.717, 1.165) is 25.1 Å². The van der Waals surface area contributed by atoms with E-state index in [0.29, 0.717) is 10.6 Å². The molecule has 1 unspecified atom stereocenters. The lowest BCUT2D eigenvalue weighted by atomic mass is 10.1. The zero-order chi connectivity index (χ0) is 24.4. The number of carbonyl (C=O) groups is 1. The van der Waals surface area contributed by atoms with E-state index in [-0.39, 0.29) is 27.5 Å². The van der Waals surface area contributed by atoms with Crippen LogP contribution in [0, 0.1) is 5.92 Å². The van der Waals surface area contributed by atoms with E-state index < -0.39 is 27.4 Å². The third-order valence-corrected chi connectivity index (χ3v) is 7.97. The van der Waals surface area contributed by atoms with Gasteiger partial charge in [0.25, 0.3) is 0 Å². The molecule has 32 heavy (non-hydrogen) atoms. The maximum atomic E-state index is 13.7. The normalized spacial score (nSPS) is 17.2. The van der Waals surface area contributed by atoms with Crippen molar-refractivity contribution in [1.82, 2.24) is 4.90 Å². The fourth-order valence-corrected chi connectivity index (χ4v) is 6.32. The van der Waals surface area contributed by atoms with Crippen LogP contribution >= 0.6 is 28.1 Å². The summed E-state index contributed by atoms with van der Waals surface area (Å²) in [6.45, 7) is 5.84. The zero-order valence-electron chi connectivity index (χ0n) is 18.0. The zero-order valence-corrected chi connectivity index (χ0v) is 21.2. The monoisotopic (exact) mass is 552 g/mol. The van der Waals surface area contributed by atoms with Crippen molar-refractivity contribution in [3.8, 4) is 0 Å². The average molecular weight is 553 g/mol. The number of alkyl halides is 3. The van der Waals surface area contributed by atoms with Crippen molar-refractivity contribution in [3.05, 3.63) is 52.2 Å². The van der Waals surface area contributed by atoms with Gasteiger partial charge in [0.05, 0.1) is 11.4 Å². The van der Waals surface area contributed by atoms with Crippen LogP contribution < -0.4 is 4.31 Å². The number of hydrogen-bond acceptors (Lipinski definition) is 4. The Balaban J connectivity index is 2.55.